The number of hydrogen-bond acceptors (Lipinski definition) is 5. The number of aromatic nitrogens is 2. The summed E-state index contributed by atoms with van der Waals surface area (Å²) in [7, 11) is 0. The van der Waals surface area contributed by atoms with Crippen molar-refractivity contribution in [3.8, 4) is 0 Å². The summed E-state index contributed by atoms with van der Waals surface area (Å²) in [5.41, 5.74) is 2.35. The summed E-state index contributed by atoms with van der Waals surface area (Å²) in [4.78, 5) is 30.2. The fourth-order valence-electron chi connectivity index (χ4n) is 3.44. The molecule has 150 valence electrons. The highest BCUT2D eigenvalue weighted by atomic mass is 32.2. The van der Waals surface area contributed by atoms with Crippen LogP contribution in [0.1, 0.15) is 18.4 Å². The van der Waals surface area contributed by atoms with Crippen molar-refractivity contribution >= 4 is 34.3 Å². The molecule has 0 unspecified atom stereocenters. The number of para-hydroxylation sites is 2. The van der Waals surface area contributed by atoms with Gasteiger partial charge in [-0.2, -0.15) is 0 Å². The van der Waals surface area contributed by atoms with Crippen LogP contribution in [0.2, 0.25) is 0 Å². The Morgan fingerprint density at radius 1 is 1.24 bits per heavy atom. The summed E-state index contributed by atoms with van der Waals surface area (Å²) < 4.78 is 7.38. The first-order chi connectivity index (χ1) is 14.1. The summed E-state index contributed by atoms with van der Waals surface area (Å²) in [5.74, 6) is 0.0420. The number of nitrogens with zero attached hydrogens (tertiary/aromatic N) is 2. The number of thioether (sulfide) groups is 1. The number of carbonyl (C=O) groups is 1. The fourth-order valence-corrected chi connectivity index (χ4v) is 4.25. The van der Waals surface area contributed by atoms with Gasteiger partial charge in [-0.1, -0.05) is 42.1 Å². The Hall–Kier alpha value is -2.64. The average molecular weight is 410 g/mol. The topological polar surface area (TPSA) is 73.2 Å². The first-order valence-electron chi connectivity index (χ1n) is 9.71. The molecule has 2 aromatic carbocycles. The van der Waals surface area contributed by atoms with E-state index in [1.165, 1.54) is 11.8 Å². The van der Waals surface area contributed by atoms with Gasteiger partial charge in [0.05, 0.1) is 29.3 Å². The number of anilines is 1. The van der Waals surface area contributed by atoms with E-state index < -0.39 is 0 Å². The zero-order valence-electron chi connectivity index (χ0n) is 16.3. The Morgan fingerprint density at radius 3 is 2.83 bits per heavy atom. The van der Waals surface area contributed by atoms with Gasteiger partial charge in [-0.3, -0.25) is 14.2 Å². The van der Waals surface area contributed by atoms with Gasteiger partial charge >= 0.3 is 0 Å². The van der Waals surface area contributed by atoms with Crippen molar-refractivity contribution < 1.29 is 9.53 Å². The van der Waals surface area contributed by atoms with Crippen LogP contribution in [0, 0.1) is 6.92 Å². The van der Waals surface area contributed by atoms with Gasteiger partial charge in [-0.25, -0.2) is 4.98 Å². The Balaban J connectivity index is 1.57. The monoisotopic (exact) mass is 409 g/mol. The molecule has 4 rings (SSSR count). The number of rotatable bonds is 6. The van der Waals surface area contributed by atoms with Gasteiger partial charge in [-0.05, 0) is 43.5 Å². The molecule has 0 radical (unpaired) electrons. The smallest absolute Gasteiger partial charge is 0.262 e. The van der Waals surface area contributed by atoms with Gasteiger partial charge in [-0.15, -0.1) is 0 Å². The lowest BCUT2D eigenvalue weighted by molar-refractivity contribution is -0.113. The maximum atomic E-state index is 13.1. The van der Waals surface area contributed by atoms with Crippen molar-refractivity contribution in [1.29, 1.82) is 0 Å². The van der Waals surface area contributed by atoms with E-state index in [0.29, 0.717) is 22.6 Å². The molecule has 0 aliphatic carbocycles. The molecular weight excluding hydrogens is 386 g/mol. The standard InChI is InChI=1S/C22H23N3O3S/c1-15-7-2-4-10-18(15)23-20(26)14-29-22-24-19-11-5-3-9-17(19)21(27)25(22)13-16-8-6-12-28-16/h2-5,7,9-11,16H,6,8,12-14H2,1H3,(H,23,26)/t16-/m0/s1. The molecule has 0 bridgehead atoms. The minimum Gasteiger partial charge on any atom is -0.376 e. The Bertz CT molecular complexity index is 1090. The predicted octanol–water partition coefficient (Wildman–Crippen LogP) is 3.61. The van der Waals surface area contributed by atoms with Gasteiger partial charge < -0.3 is 10.1 Å². The third-order valence-corrected chi connectivity index (χ3v) is 5.96. The second kappa shape index (κ2) is 8.80. The molecule has 7 heteroatoms. The van der Waals surface area contributed by atoms with Gasteiger partial charge in [0.2, 0.25) is 5.91 Å². The normalized spacial score (nSPS) is 16.2. The van der Waals surface area contributed by atoms with E-state index in [9.17, 15) is 9.59 Å². The van der Waals surface area contributed by atoms with Crippen LogP contribution in [0.25, 0.3) is 10.9 Å². The second-order valence-corrected chi connectivity index (χ2v) is 8.06. The number of hydrogen-bond donors (Lipinski definition) is 1. The maximum Gasteiger partial charge on any atom is 0.262 e. The van der Waals surface area contributed by atoms with Gasteiger partial charge in [0, 0.05) is 12.3 Å². The largest absolute Gasteiger partial charge is 0.376 e. The molecule has 1 N–H and O–H groups in total. The van der Waals surface area contributed by atoms with Gasteiger partial charge in [0.15, 0.2) is 5.16 Å². The van der Waals surface area contributed by atoms with Crippen LogP contribution in [0.4, 0.5) is 5.69 Å². The van der Waals surface area contributed by atoms with E-state index in [2.05, 4.69) is 10.3 Å². The molecular formula is C22H23N3O3S. The number of benzene rings is 2. The molecule has 2 heterocycles. The molecule has 0 saturated carbocycles. The molecule has 1 amide bonds. The van der Waals surface area contributed by atoms with Crippen molar-refractivity contribution in [3.05, 3.63) is 64.4 Å². The number of nitrogens with one attached hydrogen (secondary N) is 1. The molecule has 1 fully saturated rings. The molecule has 1 aliphatic rings. The number of carbonyl (C=O) groups excluding carboxylic acids is 1. The lowest BCUT2D eigenvalue weighted by atomic mass is 10.2. The van der Waals surface area contributed by atoms with Gasteiger partial charge in [0.25, 0.3) is 5.56 Å². The van der Waals surface area contributed by atoms with Crippen molar-refractivity contribution in [2.45, 2.75) is 37.6 Å². The predicted molar refractivity (Wildman–Crippen MR) is 116 cm³/mol. The fraction of sp³-hybridized carbons (Fsp3) is 0.318. The molecule has 1 atom stereocenters. The molecule has 29 heavy (non-hydrogen) atoms. The molecule has 1 saturated heterocycles. The molecule has 6 nitrogen and oxygen atoms in total. The van der Waals surface area contributed by atoms with Crippen LogP contribution in [0.15, 0.2) is 58.5 Å². The van der Waals surface area contributed by atoms with E-state index in [1.54, 1.807) is 10.6 Å². The maximum absolute atomic E-state index is 13.1. The van der Waals surface area contributed by atoms with E-state index in [1.807, 2.05) is 49.4 Å². The lowest BCUT2D eigenvalue weighted by Gasteiger charge is -2.16. The minimum absolute atomic E-state index is 0.0100. The Labute approximate surface area is 173 Å². The number of fused-ring (bicyclic) bond motifs is 1. The Morgan fingerprint density at radius 2 is 2.03 bits per heavy atom. The molecule has 3 aromatic rings. The van der Waals surface area contributed by atoms with Crippen LogP contribution in [-0.2, 0) is 16.1 Å². The summed E-state index contributed by atoms with van der Waals surface area (Å²) in [6.07, 6.45) is 1.94. The molecule has 1 aliphatic heterocycles. The average Bonchev–Trinajstić information content (AvgIpc) is 3.24. The van der Waals surface area contributed by atoms with Gasteiger partial charge in [0.1, 0.15) is 0 Å². The molecule has 1 aromatic heterocycles. The van der Waals surface area contributed by atoms with Crippen LogP contribution in [-0.4, -0.2) is 33.9 Å². The van der Waals surface area contributed by atoms with Crippen LogP contribution >= 0.6 is 11.8 Å². The van der Waals surface area contributed by atoms with E-state index in [0.717, 1.165) is 30.7 Å². The lowest BCUT2D eigenvalue weighted by Crippen LogP contribution is -2.29. The number of aryl methyl sites for hydroxylation is 1. The van der Waals surface area contributed by atoms with Crippen molar-refractivity contribution in [2.24, 2.45) is 0 Å². The SMILES string of the molecule is Cc1ccccc1NC(=O)CSc1nc2ccccc2c(=O)n1C[C@@H]1CCCO1. The zero-order valence-corrected chi connectivity index (χ0v) is 17.1. The highest BCUT2D eigenvalue weighted by molar-refractivity contribution is 7.99. The first kappa shape index (κ1) is 19.7. The molecule has 0 spiro atoms. The highest BCUT2D eigenvalue weighted by Gasteiger charge is 2.20. The third kappa shape index (κ3) is 4.52. The zero-order chi connectivity index (χ0) is 20.2. The van der Waals surface area contributed by atoms with E-state index in [4.69, 9.17) is 4.74 Å². The van der Waals surface area contributed by atoms with Crippen LogP contribution in [0.3, 0.4) is 0 Å². The van der Waals surface area contributed by atoms with Crippen LogP contribution < -0.4 is 10.9 Å². The summed E-state index contributed by atoms with van der Waals surface area (Å²) >= 11 is 1.28. The summed E-state index contributed by atoms with van der Waals surface area (Å²) in [6.45, 7) is 3.13. The number of amides is 1. The van der Waals surface area contributed by atoms with E-state index >= 15 is 0 Å². The minimum atomic E-state index is -0.129. The Kier molecular flexibility index (Phi) is 5.97. The van der Waals surface area contributed by atoms with E-state index in [-0.39, 0.29) is 23.3 Å². The van der Waals surface area contributed by atoms with Crippen molar-refractivity contribution in [3.63, 3.8) is 0 Å². The summed E-state index contributed by atoms with van der Waals surface area (Å²) in [5, 5.41) is 4.05. The van der Waals surface area contributed by atoms with Crippen molar-refractivity contribution in [1.82, 2.24) is 9.55 Å². The highest BCUT2D eigenvalue weighted by Crippen LogP contribution is 2.22. The summed E-state index contributed by atoms with van der Waals surface area (Å²) in [6, 6.07) is 15.0. The second-order valence-electron chi connectivity index (χ2n) is 7.11. The quantitative estimate of drug-likeness (QED) is 0.497. The van der Waals surface area contributed by atoms with Crippen molar-refractivity contribution in [2.75, 3.05) is 17.7 Å². The van der Waals surface area contributed by atoms with Crippen LogP contribution in [0.5, 0.6) is 0 Å². The number of ether oxygens (including phenoxy) is 1. The first-order valence-corrected chi connectivity index (χ1v) is 10.7. The third-order valence-electron chi connectivity index (χ3n) is 4.99.